The highest BCUT2D eigenvalue weighted by molar-refractivity contribution is 7.80. The van der Waals surface area contributed by atoms with Gasteiger partial charge in [-0.2, -0.15) is 12.6 Å². The Bertz CT molecular complexity index is 381. The molecule has 0 heterocycles. The third-order valence-corrected chi connectivity index (χ3v) is 2.66. The van der Waals surface area contributed by atoms with E-state index < -0.39 is 18.2 Å². The van der Waals surface area contributed by atoms with Crippen LogP contribution in [0.5, 0.6) is 0 Å². The highest BCUT2D eigenvalue weighted by atomic mass is 32.1. The lowest BCUT2D eigenvalue weighted by molar-refractivity contribution is 0.0335. The van der Waals surface area contributed by atoms with Crippen LogP contribution in [0, 0.1) is 0 Å². The van der Waals surface area contributed by atoms with Crippen molar-refractivity contribution in [3.63, 3.8) is 0 Å². The van der Waals surface area contributed by atoms with Crippen LogP contribution < -0.4 is 0 Å². The van der Waals surface area contributed by atoms with Crippen molar-refractivity contribution in [2.75, 3.05) is 12.4 Å². The molecule has 0 aliphatic heterocycles. The number of benzene rings is 1. The SMILES string of the molecule is CCOC(=O)c1cccc(C(O)C(O)CS)c1. The Balaban J connectivity index is 2.89. The predicted octanol–water partition coefficient (Wildman–Crippen LogP) is 1.19. The average molecular weight is 256 g/mol. The van der Waals surface area contributed by atoms with Crippen molar-refractivity contribution in [2.24, 2.45) is 0 Å². The maximum absolute atomic E-state index is 11.5. The summed E-state index contributed by atoms with van der Waals surface area (Å²) in [5.41, 5.74) is 0.826. The molecule has 1 rings (SSSR count). The van der Waals surface area contributed by atoms with Crippen LogP contribution in [0.4, 0.5) is 0 Å². The van der Waals surface area contributed by atoms with Crippen molar-refractivity contribution in [1.29, 1.82) is 0 Å². The number of aliphatic hydroxyl groups is 2. The number of thiol groups is 1. The Kier molecular flexibility index (Phi) is 5.47. The third-order valence-electron chi connectivity index (χ3n) is 2.29. The first-order valence-corrected chi connectivity index (χ1v) is 5.97. The van der Waals surface area contributed by atoms with E-state index in [2.05, 4.69) is 12.6 Å². The van der Waals surface area contributed by atoms with Crippen LogP contribution in [0.15, 0.2) is 24.3 Å². The zero-order valence-electron chi connectivity index (χ0n) is 9.54. The summed E-state index contributed by atoms with van der Waals surface area (Å²) in [6.45, 7) is 2.02. The lowest BCUT2D eigenvalue weighted by Gasteiger charge is -2.16. The molecule has 0 bridgehead atoms. The van der Waals surface area contributed by atoms with Crippen molar-refractivity contribution in [1.82, 2.24) is 0 Å². The van der Waals surface area contributed by atoms with Gasteiger partial charge in [-0.15, -0.1) is 0 Å². The quantitative estimate of drug-likeness (QED) is 0.547. The molecule has 0 aliphatic carbocycles. The fraction of sp³-hybridized carbons (Fsp3) is 0.417. The Labute approximate surface area is 106 Å². The van der Waals surface area contributed by atoms with Crippen molar-refractivity contribution in [3.8, 4) is 0 Å². The first-order valence-electron chi connectivity index (χ1n) is 5.34. The number of rotatable bonds is 5. The molecule has 4 nitrogen and oxygen atoms in total. The summed E-state index contributed by atoms with van der Waals surface area (Å²) in [4.78, 5) is 11.5. The largest absolute Gasteiger partial charge is 0.462 e. The molecule has 0 amide bonds. The second-order valence-corrected chi connectivity index (χ2v) is 3.91. The standard InChI is InChI=1S/C12H16O4S/c1-2-16-12(15)9-5-3-4-8(6-9)11(14)10(13)7-17/h3-6,10-11,13-14,17H,2,7H2,1H3. The van der Waals surface area contributed by atoms with Crippen molar-refractivity contribution in [2.45, 2.75) is 19.1 Å². The van der Waals surface area contributed by atoms with Crippen LogP contribution in [-0.4, -0.2) is 34.6 Å². The van der Waals surface area contributed by atoms with Gasteiger partial charge >= 0.3 is 5.97 Å². The molecule has 2 unspecified atom stereocenters. The molecule has 17 heavy (non-hydrogen) atoms. The van der Waals surface area contributed by atoms with E-state index in [1.165, 1.54) is 6.07 Å². The zero-order valence-corrected chi connectivity index (χ0v) is 10.4. The van der Waals surface area contributed by atoms with Gasteiger partial charge in [-0.3, -0.25) is 0 Å². The average Bonchev–Trinajstić information content (AvgIpc) is 2.37. The molecule has 2 atom stereocenters. The van der Waals surface area contributed by atoms with Gasteiger partial charge in [0.2, 0.25) is 0 Å². The van der Waals surface area contributed by atoms with Crippen LogP contribution in [0.1, 0.15) is 28.9 Å². The van der Waals surface area contributed by atoms with E-state index in [0.29, 0.717) is 17.7 Å². The summed E-state index contributed by atoms with van der Waals surface area (Å²) < 4.78 is 4.85. The molecule has 0 spiro atoms. The van der Waals surface area contributed by atoms with Crippen LogP contribution in [0.25, 0.3) is 0 Å². The summed E-state index contributed by atoms with van der Waals surface area (Å²) in [5, 5.41) is 19.2. The minimum absolute atomic E-state index is 0.144. The molecule has 5 heteroatoms. The number of carbonyl (C=O) groups is 1. The highest BCUT2D eigenvalue weighted by Crippen LogP contribution is 2.19. The van der Waals surface area contributed by atoms with Crippen LogP contribution in [0.2, 0.25) is 0 Å². The van der Waals surface area contributed by atoms with Gasteiger partial charge in [-0.05, 0) is 24.6 Å². The summed E-state index contributed by atoms with van der Waals surface area (Å²) in [7, 11) is 0. The van der Waals surface area contributed by atoms with Gasteiger partial charge in [0, 0.05) is 5.75 Å². The lowest BCUT2D eigenvalue weighted by atomic mass is 10.0. The van der Waals surface area contributed by atoms with E-state index in [1.807, 2.05) is 0 Å². The van der Waals surface area contributed by atoms with Gasteiger partial charge in [-0.1, -0.05) is 12.1 Å². The van der Waals surface area contributed by atoms with E-state index >= 15 is 0 Å². The number of carbonyl (C=O) groups excluding carboxylic acids is 1. The lowest BCUT2D eigenvalue weighted by Crippen LogP contribution is -2.20. The van der Waals surface area contributed by atoms with Gasteiger partial charge in [0.1, 0.15) is 6.10 Å². The van der Waals surface area contributed by atoms with Gasteiger partial charge in [0.15, 0.2) is 0 Å². The number of aliphatic hydroxyl groups excluding tert-OH is 2. The smallest absolute Gasteiger partial charge is 0.338 e. The monoisotopic (exact) mass is 256 g/mol. The minimum atomic E-state index is -1.05. The second kappa shape index (κ2) is 6.64. The van der Waals surface area contributed by atoms with E-state index in [4.69, 9.17) is 4.74 Å². The van der Waals surface area contributed by atoms with Crippen LogP contribution >= 0.6 is 12.6 Å². The number of ether oxygens (including phenoxy) is 1. The molecular formula is C12H16O4S. The maximum Gasteiger partial charge on any atom is 0.338 e. The molecule has 0 fully saturated rings. The van der Waals surface area contributed by atoms with Crippen LogP contribution in [-0.2, 0) is 4.74 Å². The number of esters is 1. The molecule has 94 valence electrons. The molecule has 2 N–H and O–H groups in total. The summed E-state index contributed by atoms with van der Waals surface area (Å²) in [6.07, 6.45) is -2.02. The van der Waals surface area contributed by atoms with Gasteiger partial charge < -0.3 is 14.9 Å². The first-order chi connectivity index (χ1) is 8.10. The fourth-order valence-corrected chi connectivity index (χ4v) is 1.59. The molecule has 0 aromatic heterocycles. The van der Waals surface area contributed by atoms with E-state index in [-0.39, 0.29) is 5.75 Å². The normalized spacial score (nSPS) is 14.1. The van der Waals surface area contributed by atoms with E-state index in [9.17, 15) is 15.0 Å². The Morgan fingerprint density at radius 1 is 1.47 bits per heavy atom. The molecule has 0 saturated heterocycles. The number of hydrogen-bond donors (Lipinski definition) is 3. The molecule has 0 saturated carbocycles. The van der Waals surface area contributed by atoms with Crippen LogP contribution in [0.3, 0.4) is 0 Å². The minimum Gasteiger partial charge on any atom is -0.462 e. The molecule has 1 aromatic carbocycles. The van der Waals surface area contributed by atoms with Gasteiger partial charge in [0.25, 0.3) is 0 Å². The molecule has 0 radical (unpaired) electrons. The van der Waals surface area contributed by atoms with Gasteiger partial charge in [0.05, 0.1) is 18.3 Å². The summed E-state index contributed by atoms with van der Waals surface area (Å²) in [6, 6.07) is 6.38. The van der Waals surface area contributed by atoms with Crippen molar-refractivity contribution < 1.29 is 19.7 Å². The maximum atomic E-state index is 11.5. The predicted molar refractivity (Wildman–Crippen MR) is 67.2 cm³/mol. The van der Waals surface area contributed by atoms with Gasteiger partial charge in [-0.25, -0.2) is 4.79 Å². The molecule has 0 aliphatic rings. The molecule has 1 aromatic rings. The Hall–Kier alpha value is -1.04. The Morgan fingerprint density at radius 2 is 2.18 bits per heavy atom. The summed E-state index contributed by atoms with van der Waals surface area (Å²) in [5.74, 6) is -0.299. The Morgan fingerprint density at radius 3 is 2.76 bits per heavy atom. The first kappa shape index (κ1) is 14.0. The van der Waals surface area contributed by atoms with Crippen molar-refractivity contribution in [3.05, 3.63) is 35.4 Å². The topological polar surface area (TPSA) is 66.8 Å². The number of hydrogen-bond acceptors (Lipinski definition) is 5. The highest BCUT2D eigenvalue weighted by Gasteiger charge is 2.18. The third kappa shape index (κ3) is 3.73. The summed E-state index contributed by atoms with van der Waals surface area (Å²) >= 11 is 3.90. The second-order valence-electron chi connectivity index (χ2n) is 3.54. The fourth-order valence-electron chi connectivity index (χ4n) is 1.39. The van der Waals surface area contributed by atoms with E-state index in [1.54, 1.807) is 25.1 Å². The zero-order chi connectivity index (χ0) is 12.8. The molecular weight excluding hydrogens is 240 g/mol. The van der Waals surface area contributed by atoms with E-state index in [0.717, 1.165) is 0 Å². The van der Waals surface area contributed by atoms with Crippen molar-refractivity contribution >= 4 is 18.6 Å².